The number of carbonyl (C=O) groups excluding carboxylic acids is 1. The molecule has 10 heteroatoms. The van der Waals surface area contributed by atoms with E-state index in [-0.39, 0.29) is 40.7 Å². The van der Waals surface area contributed by atoms with E-state index in [9.17, 15) is 18.3 Å². The van der Waals surface area contributed by atoms with Crippen LogP contribution >= 0.6 is 11.6 Å². The molecule has 1 heterocycles. The van der Waals surface area contributed by atoms with Gasteiger partial charge in [-0.05, 0) is 63.5 Å². The van der Waals surface area contributed by atoms with Gasteiger partial charge < -0.3 is 19.6 Å². The number of halogens is 1. The van der Waals surface area contributed by atoms with Crippen LogP contribution in [0.25, 0.3) is 0 Å². The fourth-order valence-electron chi connectivity index (χ4n) is 3.69. The molecular formula is C23H30ClN3O5S. The number of ether oxygens (including phenoxy) is 1. The normalized spacial score (nSPS) is 20.0. The van der Waals surface area contributed by atoms with Crippen LogP contribution in [0.3, 0.4) is 0 Å². The number of aliphatic hydroxyl groups excluding tert-OH is 1. The number of nitrogens with one attached hydrogen (secondary N) is 1. The standard InChI is InChI=1S/C23H30ClN3O5S/c1-15-12-27(16(2)14-28)23(29)20-11-18(7-10-21(20)32-22(15)13-26(3)4)25-33(30,31)19-8-5-17(24)6-9-19/h5-11,15-16,22,25,28H,12-14H2,1-4H3/t15-,16-,22-/m0/s1. The average molecular weight is 496 g/mol. The number of hydrogen-bond donors (Lipinski definition) is 2. The molecule has 0 bridgehead atoms. The summed E-state index contributed by atoms with van der Waals surface area (Å²) in [6.45, 7) is 4.65. The van der Waals surface area contributed by atoms with Gasteiger partial charge >= 0.3 is 0 Å². The summed E-state index contributed by atoms with van der Waals surface area (Å²) >= 11 is 5.86. The molecule has 0 aliphatic carbocycles. The maximum absolute atomic E-state index is 13.4. The smallest absolute Gasteiger partial charge is 0.261 e. The van der Waals surface area contributed by atoms with Gasteiger partial charge in [0.15, 0.2) is 0 Å². The van der Waals surface area contributed by atoms with Crippen LogP contribution in [-0.2, 0) is 10.0 Å². The molecule has 1 aliphatic heterocycles. The van der Waals surface area contributed by atoms with Crippen LogP contribution in [0.4, 0.5) is 5.69 Å². The van der Waals surface area contributed by atoms with Crippen LogP contribution in [-0.4, -0.2) is 75.2 Å². The Hall–Kier alpha value is -2.33. The molecule has 3 rings (SSSR count). The summed E-state index contributed by atoms with van der Waals surface area (Å²) in [5.74, 6) is 0.0683. The summed E-state index contributed by atoms with van der Waals surface area (Å²) in [4.78, 5) is 17.1. The van der Waals surface area contributed by atoms with Crippen LogP contribution in [0.5, 0.6) is 5.75 Å². The zero-order valence-corrected chi connectivity index (χ0v) is 20.7. The zero-order chi connectivity index (χ0) is 24.3. The number of nitrogens with zero attached hydrogens (tertiary/aromatic N) is 2. The summed E-state index contributed by atoms with van der Waals surface area (Å²) in [5, 5.41) is 10.2. The van der Waals surface area contributed by atoms with Gasteiger partial charge in [0.2, 0.25) is 0 Å². The Kier molecular flexibility index (Phi) is 7.89. The molecule has 0 unspecified atom stereocenters. The number of benzene rings is 2. The van der Waals surface area contributed by atoms with E-state index < -0.39 is 16.1 Å². The van der Waals surface area contributed by atoms with Crippen LogP contribution in [0, 0.1) is 5.92 Å². The molecule has 2 aromatic carbocycles. The predicted octanol–water partition coefficient (Wildman–Crippen LogP) is 2.92. The predicted molar refractivity (Wildman–Crippen MR) is 128 cm³/mol. The minimum Gasteiger partial charge on any atom is -0.488 e. The Labute approximate surface area is 200 Å². The Morgan fingerprint density at radius 3 is 2.52 bits per heavy atom. The first-order valence-corrected chi connectivity index (χ1v) is 12.5. The lowest BCUT2D eigenvalue weighted by Gasteiger charge is -2.37. The van der Waals surface area contributed by atoms with Crippen molar-refractivity contribution in [3.63, 3.8) is 0 Å². The summed E-state index contributed by atoms with van der Waals surface area (Å²) in [6.07, 6.45) is -0.197. The molecule has 1 aliphatic rings. The molecule has 180 valence electrons. The van der Waals surface area contributed by atoms with Gasteiger partial charge in [-0.3, -0.25) is 9.52 Å². The summed E-state index contributed by atoms with van der Waals surface area (Å²) in [7, 11) is 0.0147. The molecule has 33 heavy (non-hydrogen) atoms. The fourth-order valence-corrected chi connectivity index (χ4v) is 4.87. The molecule has 0 aromatic heterocycles. The molecule has 0 spiro atoms. The van der Waals surface area contributed by atoms with Gasteiger partial charge in [0, 0.05) is 29.7 Å². The van der Waals surface area contributed by atoms with Gasteiger partial charge in [-0.1, -0.05) is 18.5 Å². The van der Waals surface area contributed by atoms with E-state index in [1.807, 2.05) is 25.9 Å². The average Bonchev–Trinajstić information content (AvgIpc) is 2.76. The van der Waals surface area contributed by atoms with E-state index in [2.05, 4.69) is 4.72 Å². The first kappa shape index (κ1) is 25.3. The largest absolute Gasteiger partial charge is 0.488 e. The fraction of sp³-hybridized carbons (Fsp3) is 0.435. The van der Waals surface area contributed by atoms with Gasteiger partial charge in [-0.2, -0.15) is 0 Å². The van der Waals surface area contributed by atoms with E-state index in [1.165, 1.54) is 30.3 Å². The van der Waals surface area contributed by atoms with Gasteiger partial charge in [-0.25, -0.2) is 8.42 Å². The van der Waals surface area contributed by atoms with Crippen molar-refractivity contribution in [2.75, 3.05) is 38.5 Å². The van der Waals surface area contributed by atoms with Gasteiger partial charge in [0.05, 0.1) is 23.1 Å². The SMILES string of the molecule is C[C@H]1CN([C@@H](C)CO)C(=O)c2cc(NS(=O)(=O)c3ccc(Cl)cc3)ccc2O[C@H]1CN(C)C. The topological polar surface area (TPSA) is 99.2 Å². The quantitative estimate of drug-likeness (QED) is 0.612. The Morgan fingerprint density at radius 2 is 1.91 bits per heavy atom. The van der Waals surface area contributed by atoms with Crippen molar-refractivity contribution in [1.82, 2.24) is 9.80 Å². The van der Waals surface area contributed by atoms with Crippen LogP contribution in [0.15, 0.2) is 47.4 Å². The molecule has 1 amide bonds. The number of fused-ring (bicyclic) bond motifs is 1. The number of hydrogen-bond acceptors (Lipinski definition) is 6. The maximum Gasteiger partial charge on any atom is 0.261 e. The lowest BCUT2D eigenvalue weighted by Crippen LogP contribution is -2.49. The van der Waals surface area contributed by atoms with Crippen molar-refractivity contribution < 1.29 is 23.1 Å². The number of sulfonamides is 1. The molecular weight excluding hydrogens is 466 g/mol. The van der Waals surface area contributed by atoms with Gasteiger partial charge in [-0.15, -0.1) is 0 Å². The third-order valence-corrected chi connectivity index (χ3v) is 7.24. The number of anilines is 1. The Morgan fingerprint density at radius 1 is 1.24 bits per heavy atom. The molecule has 8 nitrogen and oxygen atoms in total. The summed E-state index contributed by atoms with van der Waals surface area (Å²) in [6, 6.07) is 10.1. The highest BCUT2D eigenvalue weighted by Gasteiger charge is 2.33. The first-order chi connectivity index (χ1) is 15.5. The maximum atomic E-state index is 13.4. The van der Waals surface area contributed by atoms with E-state index in [0.717, 1.165) is 0 Å². The molecule has 0 saturated heterocycles. The number of aliphatic hydroxyl groups is 1. The van der Waals surface area contributed by atoms with Crippen LogP contribution < -0.4 is 9.46 Å². The molecule has 0 saturated carbocycles. The lowest BCUT2D eigenvalue weighted by atomic mass is 9.99. The molecule has 2 N–H and O–H groups in total. The van der Waals surface area contributed by atoms with E-state index in [4.69, 9.17) is 16.3 Å². The third kappa shape index (κ3) is 5.97. The number of rotatable bonds is 7. The zero-order valence-electron chi connectivity index (χ0n) is 19.2. The highest BCUT2D eigenvalue weighted by molar-refractivity contribution is 7.92. The van der Waals surface area contributed by atoms with Crippen molar-refractivity contribution in [2.45, 2.75) is 30.9 Å². The monoisotopic (exact) mass is 495 g/mol. The van der Waals surface area contributed by atoms with Crippen LogP contribution in [0.1, 0.15) is 24.2 Å². The Balaban J connectivity index is 2.00. The van der Waals surface area contributed by atoms with Crippen molar-refractivity contribution in [3.05, 3.63) is 53.1 Å². The minimum absolute atomic E-state index is 0.0154. The number of carbonyl (C=O) groups is 1. The van der Waals surface area contributed by atoms with E-state index in [0.29, 0.717) is 23.9 Å². The highest BCUT2D eigenvalue weighted by Crippen LogP contribution is 2.31. The van der Waals surface area contributed by atoms with Crippen molar-refractivity contribution >= 4 is 33.2 Å². The second kappa shape index (κ2) is 10.3. The summed E-state index contributed by atoms with van der Waals surface area (Å²) < 4.78 is 34.4. The minimum atomic E-state index is -3.88. The number of amides is 1. The summed E-state index contributed by atoms with van der Waals surface area (Å²) in [5.41, 5.74) is 0.470. The second-order valence-electron chi connectivity index (χ2n) is 8.66. The lowest BCUT2D eigenvalue weighted by molar-refractivity contribution is 0.0363. The highest BCUT2D eigenvalue weighted by atomic mass is 35.5. The third-order valence-electron chi connectivity index (χ3n) is 5.59. The van der Waals surface area contributed by atoms with Crippen molar-refractivity contribution in [2.24, 2.45) is 5.92 Å². The molecule has 0 radical (unpaired) electrons. The van der Waals surface area contributed by atoms with Crippen LogP contribution in [0.2, 0.25) is 5.02 Å². The van der Waals surface area contributed by atoms with Gasteiger partial charge in [0.25, 0.3) is 15.9 Å². The van der Waals surface area contributed by atoms with Gasteiger partial charge in [0.1, 0.15) is 11.9 Å². The van der Waals surface area contributed by atoms with Crippen molar-refractivity contribution in [3.8, 4) is 5.75 Å². The number of likely N-dealkylation sites (N-methyl/N-ethyl adjacent to an activating group) is 1. The van der Waals surface area contributed by atoms with Crippen molar-refractivity contribution in [1.29, 1.82) is 0 Å². The molecule has 0 fully saturated rings. The van der Waals surface area contributed by atoms with E-state index >= 15 is 0 Å². The second-order valence-corrected chi connectivity index (χ2v) is 10.8. The first-order valence-electron chi connectivity index (χ1n) is 10.7. The van der Waals surface area contributed by atoms with E-state index in [1.54, 1.807) is 24.0 Å². The molecule has 3 atom stereocenters. The Bertz CT molecular complexity index is 1090. The molecule has 2 aromatic rings.